The molecule has 1 amide bonds. The third kappa shape index (κ3) is 5.01. The number of rotatable bonds is 6. The topological polar surface area (TPSA) is 90.9 Å². The van der Waals surface area contributed by atoms with Crippen molar-refractivity contribution in [2.45, 2.75) is 51.4 Å². The minimum atomic E-state index is -0.565. The van der Waals surface area contributed by atoms with Crippen molar-refractivity contribution < 1.29 is 28.6 Å². The number of carbonyl (C=O) groups is 3. The Morgan fingerprint density at radius 2 is 1.62 bits per heavy atom. The predicted molar refractivity (Wildman–Crippen MR) is 139 cm³/mol. The molecule has 2 aliphatic carbocycles. The molecule has 7 nitrogen and oxygen atoms in total. The Morgan fingerprint density at radius 1 is 1.00 bits per heavy atom. The van der Waals surface area contributed by atoms with Crippen LogP contribution in [0, 0.1) is 6.92 Å². The number of methoxy groups -OCH3 is 1. The number of hydrogen-bond acceptors (Lipinski definition) is 6. The van der Waals surface area contributed by atoms with Gasteiger partial charge in [-0.25, -0.2) is 0 Å². The number of anilines is 1. The van der Waals surface area contributed by atoms with Crippen LogP contribution in [0.1, 0.15) is 55.6 Å². The summed E-state index contributed by atoms with van der Waals surface area (Å²) in [4.78, 5) is 38.5. The van der Waals surface area contributed by atoms with E-state index in [-0.39, 0.29) is 34.9 Å². The molecule has 0 bridgehead atoms. The fourth-order valence-electron chi connectivity index (χ4n) is 5.17. The molecule has 0 unspecified atom stereocenters. The first-order chi connectivity index (χ1) is 17.9. The lowest BCUT2D eigenvalue weighted by Crippen LogP contribution is -2.30. The van der Waals surface area contributed by atoms with Gasteiger partial charge in [-0.2, -0.15) is 0 Å². The summed E-state index contributed by atoms with van der Waals surface area (Å²) in [6.07, 6.45) is 3.59. The maximum atomic E-state index is 13.0. The van der Waals surface area contributed by atoms with Crippen molar-refractivity contribution in [3.63, 3.8) is 0 Å². The molecule has 2 aromatic carbocycles. The predicted octanol–water partition coefficient (Wildman–Crippen LogP) is 5.80. The molecule has 192 valence electrons. The number of halogens is 1. The summed E-state index contributed by atoms with van der Waals surface area (Å²) >= 11 is 6.65. The number of carbonyl (C=O) groups excluding carboxylic acids is 3. The van der Waals surface area contributed by atoms with Crippen LogP contribution >= 0.6 is 11.6 Å². The maximum absolute atomic E-state index is 13.0. The maximum Gasteiger partial charge on any atom is 0.262 e. The lowest BCUT2D eigenvalue weighted by Gasteiger charge is -2.36. The first-order valence-corrected chi connectivity index (χ1v) is 12.8. The van der Waals surface area contributed by atoms with Gasteiger partial charge in [-0.15, -0.1) is 0 Å². The molecule has 1 aliphatic heterocycles. The van der Waals surface area contributed by atoms with E-state index < -0.39 is 5.92 Å². The van der Waals surface area contributed by atoms with E-state index in [2.05, 4.69) is 5.32 Å². The smallest absolute Gasteiger partial charge is 0.262 e. The third-order valence-corrected chi connectivity index (χ3v) is 7.19. The van der Waals surface area contributed by atoms with E-state index in [4.69, 9.17) is 25.8 Å². The van der Waals surface area contributed by atoms with E-state index >= 15 is 0 Å². The molecule has 1 heterocycles. The summed E-state index contributed by atoms with van der Waals surface area (Å²) in [5.74, 6) is 0.889. The SMILES string of the molecule is COc1cc(C2C3=C(CCCC3=O)OC3=C2C(=O)CCC3)cc(Cl)c1OCC(=O)Nc1ccc(C)cc1. The second-order valence-corrected chi connectivity index (χ2v) is 9.91. The van der Waals surface area contributed by atoms with Crippen molar-refractivity contribution in [3.05, 3.63) is 75.2 Å². The van der Waals surface area contributed by atoms with Crippen LogP contribution in [-0.2, 0) is 19.1 Å². The van der Waals surface area contributed by atoms with Gasteiger partial charge < -0.3 is 19.5 Å². The fraction of sp³-hybridized carbons (Fsp3) is 0.345. The van der Waals surface area contributed by atoms with Crippen molar-refractivity contribution in [1.29, 1.82) is 0 Å². The Kier molecular flexibility index (Phi) is 7.07. The molecule has 0 radical (unpaired) electrons. The minimum absolute atomic E-state index is 0.0145. The van der Waals surface area contributed by atoms with Crippen molar-refractivity contribution >= 4 is 34.8 Å². The summed E-state index contributed by atoms with van der Waals surface area (Å²) in [5, 5.41) is 3.00. The van der Waals surface area contributed by atoms with Gasteiger partial charge >= 0.3 is 0 Å². The Labute approximate surface area is 220 Å². The quantitative estimate of drug-likeness (QED) is 0.516. The van der Waals surface area contributed by atoms with Crippen molar-refractivity contribution in [2.75, 3.05) is 19.0 Å². The molecular formula is C29H28ClNO6. The summed E-state index contributed by atoms with van der Waals surface area (Å²) in [6, 6.07) is 10.9. The first-order valence-electron chi connectivity index (χ1n) is 12.4. The highest BCUT2D eigenvalue weighted by molar-refractivity contribution is 6.32. The van der Waals surface area contributed by atoms with Gasteiger partial charge in [0.05, 0.1) is 12.1 Å². The average molecular weight is 522 g/mol. The van der Waals surface area contributed by atoms with E-state index in [1.165, 1.54) is 7.11 Å². The van der Waals surface area contributed by atoms with Crippen LogP contribution in [0.3, 0.4) is 0 Å². The molecule has 37 heavy (non-hydrogen) atoms. The van der Waals surface area contributed by atoms with E-state index in [9.17, 15) is 14.4 Å². The molecule has 5 rings (SSSR count). The molecule has 0 atom stereocenters. The normalized spacial score (nSPS) is 17.7. The number of hydrogen-bond donors (Lipinski definition) is 1. The number of ether oxygens (including phenoxy) is 3. The zero-order chi connectivity index (χ0) is 26.1. The Morgan fingerprint density at radius 3 is 2.22 bits per heavy atom. The first kappa shape index (κ1) is 25.1. The number of aryl methyl sites for hydroxylation is 1. The highest BCUT2D eigenvalue weighted by atomic mass is 35.5. The molecule has 0 saturated heterocycles. The van der Waals surface area contributed by atoms with Crippen LogP contribution in [0.2, 0.25) is 5.02 Å². The van der Waals surface area contributed by atoms with Gasteiger partial charge in [0.2, 0.25) is 0 Å². The number of amides is 1. The van der Waals surface area contributed by atoms with Crippen LogP contribution in [0.15, 0.2) is 59.1 Å². The number of Topliss-reactive ketones (excluding diaryl/α,β-unsaturated/α-hetero) is 2. The summed E-state index contributed by atoms with van der Waals surface area (Å²) in [5.41, 5.74) is 3.47. The van der Waals surface area contributed by atoms with Crippen LogP contribution in [-0.4, -0.2) is 31.2 Å². The summed E-state index contributed by atoms with van der Waals surface area (Å²) < 4.78 is 17.4. The van der Waals surface area contributed by atoms with Gasteiger partial charge in [0, 0.05) is 48.4 Å². The molecule has 0 aromatic heterocycles. The van der Waals surface area contributed by atoms with Crippen molar-refractivity contribution in [1.82, 2.24) is 0 Å². The van der Waals surface area contributed by atoms with E-state index in [1.807, 2.05) is 31.2 Å². The van der Waals surface area contributed by atoms with Gasteiger partial charge in [0.15, 0.2) is 29.7 Å². The van der Waals surface area contributed by atoms with Crippen molar-refractivity contribution in [3.8, 4) is 11.5 Å². The molecule has 2 aromatic rings. The van der Waals surface area contributed by atoms with E-state index in [0.29, 0.717) is 65.3 Å². The van der Waals surface area contributed by atoms with Gasteiger partial charge in [0.25, 0.3) is 5.91 Å². The molecule has 3 aliphatic rings. The lowest BCUT2D eigenvalue weighted by molar-refractivity contribution is -0.119. The zero-order valence-electron chi connectivity index (χ0n) is 20.8. The monoisotopic (exact) mass is 521 g/mol. The van der Waals surface area contributed by atoms with E-state index in [0.717, 1.165) is 18.4 Å². The molecule has 0 fully saturated rings. The fourth-order valence-corrected chi connectivity index (χ4v) is 5.44. The zero-order valence-corrected chi connectivity index (χ0v) is 21.6. The van der Waals surface area contributed by atoms with E-state index in [1.54, 1.807) is 12.1 Å². The Hall–Kier alpha value is -3.58. The van der Waals surface area contributed by atoms with Crippen molar-refractivity contribution in [2.24, 2.45) is 0 Å². The minimum Gasteiger partial charge on any atom is -0.493 e. The third-order valence-electron chi connectivity index (χ3n) is 6.91. The Balaban J connectivity index is 1.45. The largest absolute Gasteiger partial charge is 0.493 e. The summed E-state index contributed by atoms with van der Waals surface area (Å²) in [6.45, 7) is 1.69. The van der Waals surface area contributed by atoms with Gasteiger partial charge in [-0.1, -0.05) is 29.3 Å². The van der Waals surface area contributed by atoms with Crippen LogP contribution in [0.25, 0.3) is 0 Å². The molecule has 8 heteroatoms. The second-order valence-electron chi connectivity index (χ2n) is 9.50. The second kappa shape index (κ2) is 10.4. The highest BCUT2D eigenvalue weighted by Gasteiger charge is 2.42. The average Bonchev–Trinajstić information content (AvgIpc) is 2.88. The highest BCUT2D eigenvalue weighted by Crippen LogP contribution is 2.50. The molecule has 0 saturated carbocycles. The number of allylic oxidation sites excluding steroid dienone is 4. The number of ketones is 2. The van der Waals surface area contributed by atoms with Crippen LogP contribution < -0.4 is 14.8 Å². The standard InChI is InChI=1S/C29H28ClNO6/c1-16-9-11-18(12-10-16)31-25(34)15-36-29-19(30)13-17(14-24(29)35-2)26-27-20(32)5-3-7-22(27)37-23-8-4-6-21(33)28(23)26/h9-14,26H,3-8,15H2,1-2H3,(H,31,34). The van der Waals surface area contributed by atoms with Gasteiger partial charge in [-0.05, 0) is 49.6 Å². The van der Waals surface area contributed by atoms with Gasteiger partial charge in [0.1, 0.15) is 11.5 Å². The molecule has 0 spiro atoms. The van der Waals surface area contributed by atoms with Crippen LogP contribution in [0.5, 0.6) is 11.5 Å². The Bertz CT molecular complexity index is 1300. The van der Waals surface area contributed by atoms with Gasteiger partial charge in [-0.3, -0.25) is 14.4 Å². The lowest BCUT2D eigenvalue weighted by atomic mass is 9.73. The number of nitrogens with one attached hydrogen (secondary N) is 1. The van der Waals surface area contributed by atoms with Crippen LogP contribution in [0.4, 0.5) is 5.69 Å². The number of benzene rings is 2. The molecular weight excluding hydrogens is 494 g/mol. The summed E-state index contributed by atoms with van der Waals surface area (Å²) in [7, 11) is 1.48. The molecule has 1 N–H and O–H groups in total.